The van der Waals surface area contributed by atoms with E-state index in [1.807, 2.05) is 13.8 Å². The molecule has 10 heteroatoms. The van der Waals surface area contributed by atoms with Crippen molar-refractivity contribution < 1.29 is 26.7 Å². The predicted octanol–water partition coefficient (Wildman–Crippen LogP) is 3.06. The molecule has 0 spiro atoms. The van der Waals surface area contributed by atoms with Gasteiger partial charge in [0.2, 0.25) is 0 Å². The summed E-state index contributed by atoms with van der Waals surface area (Å²) in [5, 5.41) is 13.6. The molecule has 132 valence electrons. The van der Waals surface area contributed by atoms with Gasteiger partial charge < -0.3 is 5.11 Å². The van der Waals surface area contributed by atoms with E-state index in [1.165, 1.54) is 17.1 Å². The first-order valence-electron chi connectivity index (χ1n) is 6.94. The van der Waals surface area contributed by atoms with E-state index in [0.29, 0.717) is 24.7 Å². The molecular weight excluding hydrogens is 347 g/mol. The zero-order valence-electron chi connectivity index (χ0n) is 12.9. The van der Waals surface area contributed by atoms with Crippen molar-refractivity contribution in [2.75, 3.05) is 4.72 Å². The summed E-state index contributed by atoms with van der Waals surface area (Å²) in [5.74, 6) is -0.494. The van der Waals surface area contributed by atoms with Crippen molar-refractivity contribution in [1.29, 1.82) is 0 Å². The summed E-state index contributed by atoms with van der Waals surface area (Å²) in [6.45, 7) is 4.45. The number of alkyl halides is 3. The summed E-state index contributed by atoms with van der Waals surface area (Å²) in [4.78, 5) is -0.853. The van der Waals surface area contributed by atoms with Crippen LogP contribution in [0, 0.1) is 5.92 Å². The van der Waals surface area contributed by atoms with Crippen LogP contribution in [0.5, 0.6) is 5.75 Å². The maximum Gasteiger partial charge on any atom is 0.416 e. The largest absolute Gasteiger partial charge is 0.507 e. The van der Waals surface area contributed by atoms with Gasteiger partial charge >= 0.3 is 6.18 Å². The number of rotatable bonds is 5. The Bertz CT molecular complexity index is 829. The summed E-state index contributed by atoms with van der Waals surface area (Å²) in [7, 11) is -4.40. The minimum atomic E-state index is -4.72. The Labute approximate surface area is 137 Å². The van der Waals surface area contributed by atoms with Gasteiger partial charge in [-0.15, -0.1) is 0 Å². The molecule has 24 heavy (non-hydrogen) atoms. The van der Waals surface area contributed by atoms with Crippen molar-refractivity contribution in [2.45, 2.75) is 31.5 Å². The van der Waals surface area contributed by atoms with Gasteiger partial charge in [-0.2, -0.15) is 18.3 Å². The van der Waals surface area contributed by atoms with Crippen molar-refractivity contribution in [3.63, 3.8) is 0 Å². The minimum absolute atomic E-state index is 0.0902. The highest BCUT2D eigenvalue weighted by molar-refractivity contribution is 7.92. The first-order chi connectivity index (χ1) is 11.0. The van der Waals surface area contributed by atoms with Gasteiger partial charge in [0.25, 0.3) is 10.0 Å². The fourth-order valence-corrected chi connectivity index (χ4v) is 3.16. The molecule has 1 heterocycles. The smallest absolute Gasteiger partial charge is 0.416 e. The van der Waals surface area contributed by atoms with Crippen LogP contribution in [0.25, 0.3) is 0 Å². The van der Waals surface area contributed by atoms with Gasteiger partial charge in [-0.25, -0.2) is 8.42 Å². The van der Waals surface area contributed by atoms with Crippen molar-refractivity contribution in [2.24, 2.45) is 5.92 Å². The van der Waals surface area contributed by atoms with E-state index in [-0.39, 0.29) is 11.6 Å². The van der Waals surface area contributed by atoms with Crippen LogP contribution < -0.4 is 4.72 Å². The molecule has 2 rings (SSSR count). The Morgan fingerprint density at radius 1 is 1.33 bits per heavy atom. The van der Waals surface area contributed by atoms with Crippen LogP contribution in [-0.4, -0.2) is 23.3 Å². The highest BCUT2D eigenvalue weighted by atomic mass is 32.2. The van der Waals surface area contributed by atoms with Gasteiger partial charge in [-0.05, 0) is 24.1 Å². The second-order valence-electron chi connectivity index (χ2n) is 5.63. The monoisotopic (exact) mass is 363 g/mol. The van der Waals surface area contributed by atoms with E-state index < -0.39 is 32.4 Å². The lowest BCUT2D eigenvalue weighted by molar-refractivity contribution is -0.137. The van der Waals surface area contributed by atoms with Crippen molar-refractivity contribution in [3.8, 4) is 5.75 Å². The Hall–Kier alpha value is -2.23. The number of halogens is 3. The number of hydrogen-bond donors (Lipinski definition) is 2. The van der Waals surface area contributed by atoms with Gasteiger partial charge in [0.1, 0.15) is 10.6 Å². The third kappa shape index (κ3) is 4.19. The Morgan fingerprint density at radius 2 is 2.00 bits per heavy atom. The van der Waals surface area contributed by atoms with Crippen molar-refractivity contribution in [1.82, 2.24) is 9.78 Å². The van der Waals surface area contributed by atoms with Crippen LogP contribution in [0.4, 0.5) is 18.9 Å². The highest BCUT2D eigenvalue weighted by Gasteiger charge is 2.33. The second-order valence-corrected chi connectivity index (χ2v) is 7.28. The lowest BCUT2D eigenvalue weighted by atomic mass is 10.2. The molecule has 0 saturated heterocycles. The third-order valence-corrected chi connectivity index (χ3v) is 4.42. The van der Waals surface area contributed by atoms with E-state index in [1.54, 1.807) is 0 Å². The second kappa shape index (κ2) is 6.34. The van der Waals surface area contributed by atoms with Crippen molar-refractivity contribution in [3.05, 3.63) is 36.2 Å². The van der Waals surface area contributed by atoms with Gasteiger partial charge in [0.15, 0.2) is 0 Å². The maximum absolute atomic E-state index is 12.7. The molecule has 2 aromatic rings. The molecule has 1 aromatic carbocycles. The summed E-state index contributed by atoms with van der Waals surface area (Å²) in [6.07, 6.45) is -2.06. The van der Waals surface area contributed by atoms with E-state index in [9.17, 15) is 26.7 Å². The molecule has 0 radical (unpaired) electrons. The fourth-order valence-electron chi connectivity index (χ4n) is 2.01. The molecule has 0 atom stereocenters. The summed E-state index contributed by atoms with van der Waals surface area (Å²) in [5.41, 5.74) is -1.08. The lowest BCUT2D eigenvalue weighted by Crippen LogP contribution is -2.14. The number of aromatic hydroxyl groups is 1. The molecule has 0 aliphatic heterocycles. The molecule has 0 bridgehead atoms. The maximum atomic E-state index is 12.7. The normalized spacial score (nSPS) is 12.6. The Balaban J connectivity index is 2.32. The molecule has 6 nitrogen and oxygen atoms in total. The molecule has 2 N–H and O–H groups in total. The topological polar surface area (TPSA) is 84.2 Å². The van der Waals surface area contributed by atoms with Crippen LogP contribution in [0.15, 0.2) is 35.5 Å². The van der Waals surface area contributed by atoms with Crippen LogP contribution in [0.2, 0.25) is 0 Å². The molecule has 0 aliphatic rings. The van der Waals surface area contributed by atoms with E-state index in [2.05, 4.69) is 9.82 Å². The highest BCUT2D eigenvalue weighted by Crippen LogP contribution is 2.34. The number of nitrogens with zero attached hydrogens (tertiary/aromatic N) is 2. The third-order valence-electron chi connectivity index (χ3n) is 3.01. The number of anilines is 1. The predicted molar refractivity (Wildman–Crippen MR) is 81.0 cm³/mol. The summed E-state index contributed by atoms with van der Waals surface area (Å²) in [6, 6.07) is 1.69. The Morgan fingerprint density at radius 3 is 2.58 bits per heavy atom. The van der Waals surface area contributed by atoms with Crippen LogP contribution in [0.3, 0.4) is 0 Å². The van der Waals surface area contributed by atoms with Gasteiger partial charge in [-0.3, -0.25) is 9.40 Å². The first kappa shape index (κ1) is 18.1. The van der Waals surface area contributed by atoms with Crippen LogP contribution in [-0.2, 0) is 22.7 Å². The number of hydrogen-bond acceptors (Lipinski definition) is 4. The Kier molecular flexibility index (Phi) is 4.79. The number of benzene rings is 1. The van der Waals surface area contributed by atoms with Crippen LogP contribution in [0.1, 0.15) is 19.4 Å². The van der Waals surface area contributed by atoms with Gasteiger partial charge in [0, 0.05) is 12.7 Å². The zero-order chi connectivity index (χ0) is 18.1. The SMILES string of the molecule is CC(C)Cn1cc(NS(=O)(=O)c2cc(C(F)(F)F)ccc2O)cn1. The molecular formula is C14H16F3N3O3S. The van der Waals surface area contributed by atoms with Crippen molar-refractivity contribution >= 4 is 15.7 Å². The molecule has 0 saturated carbocycles. The lowest BCUT2D eigenvalue weighted by Gasteiger charge is -2.11. The molecule has 0 fully saturated rings. The number of phenols is 1. The fraction of sp³-hybridized carbons (Fsp3) is 0.357. The number of aromatic nitrogens is 2. The van der Waals surface area contributed by atoms with Gasteiger partial charge in [0.05, 0.1) is 17.4 Å². The number of sulfonamides is 1. The molecule has 0 amide bonds. The van der Waals surface area contributed by atoms with E-state index in [4.69, 9.17) is 0 Å². The quantitative estimate of drug-likeness (QED) is 0.855. The summed E-state index contributed by atoms with van der Waals surface area (Å²) >= 11 is 0. The molecule has 1 aromatic heterocycles. The van der Waals surface area contributed by atoms with Crippen LogP contribution >= 0.6 is 0 Å². The number of phenolic OH excluding ortho intramolecular Hbond substituents is 1. The molecule has 0 aliphatic carbocycles. The zero-order valence-corrected chi connectivity index (χ0v) is 13.7. The van der Waals surface area contributed by atoms with E-state index >= 15 is 0 Å². The average molecular weight is 363 g/mol. The molecule has 0 unspecified atom stereocenters. The van der Waals surface area contributed by atoms with E-state index in [0.717, 1.165) is 0 Å². The first-order valence-corrected chi connectivity index (χ1v) is 8.43. The average Bonchev–Trinajstić information content (AvgIpc) is 2.83. The summed E-state index contributed by atoms with van der Waals surface area (Å²) < 4.78 is 66.3. The number of nitrogens with one attached hydrogen (secondary N) is 1. The standard InChI is InChI=1S/C14H16F3N3O3S/c1-9(2)7-20-8-11(6-18-20)19-24(22,23)13-5-10(14(15,16)17)3-4-12(13)21/h3-6,8-9,19,21H,7H2,1-2H3. The van der Waals surface area contributed by atoms with Gasteiger partial charge in [-0.1, -0.05) is 13.8 Å². The minimum Gasteiger partial charge on any atom is -0.507 e.